The number of hydrogen-bond acceptors (Lipinski definition) is 5. The van der Waals surface area contributed by atoms with Gasteiger partial charge in [-0.25, -0.2) is 4.79 Å². The van der Waals surface area contributed by atoms with Crippen molar-refractivity contribution < 1.29 is 42.5 Å². The summed E-state index contributed by atoms with van der Waals surface area (Å²) in [5.41, 5.74) is 0. The second kappa shape index (κ2) is 14.5. The van der Waals surface area contributed by atoms with Crippen molar-refractivity contribution in [2.24, 2.45) is 5.92 Å². The number of Topliss-reactive ketones (excluding diaryl/α,β-unsaturated/α-hetero) is 3. The minimum absolute atomic E-state index is 0. The number of esters is 1. The van der Waals surface area contributed by atoms with Gasteiger partial charge in [0.25, 0.3) is 5.78 Å². The van der Waals surface area contributed by atoms with Crippen LogP contribution < -0.4 is 0 Å². The Morgan fingerprint density at radius 2 is 1.45 bits per heavy atom. The summed E-state index contributed by atoms with van der Waals surface area (Å²) in [5.74, 6) is -4.45. The molecule has 0 aliphatic heterocycles. The van der Waals surface area contributed by atoms with E-state index in [0.29, 0.717) is 6.42 Å². The van der Waals surface area contributed by atoms with E-state index in [-0.39, 0.29) is 38.0 Å². The zero-order valence-electron chi connectivity index (χ0n) is 12.9. The molecule has 0 unspecified atom stereocenters. The molecule has 1 aliphatic carbocycles. The molecule has 1 radical (unpaired) electrons. The SMILES string of the molecule is CC.CC.CCOC(=O)C(=O)C1C(=O)CCCC1=O.[V]. The molecule has 20 heavy (non-hydrogen) atoms. The number of rotatable bonds is 3. The van der Waals surface area contributed by atoms with Gasteiger partial charge in [-0.1, -0.05) is 27.7 Å². The number of hydrogen-bond donors (Lipinski definition) is 0. The standard InChI is InChI=1S/C10H12O5.2C2H6.V/c1-2-15-10(14)9(13)8-6(11)4-3-5-7(8)12;2*1-2;/h8H,2-5H2,1H3;2*1-2H3;. The quantitative estimate of drug-likeness (QED) is 0.451. The summed E-state index contributed by atoms with van der Waals surface area (Å²) in [6.07, 6.45) is 0.827. The van der Waals surface area contributed by atoms with Crippen molar-refractivity contribution in [3.63, 3.8) is 0 Å². The molecule has 0 spiro atoms. The first-order valence-electron chi connectivity index (χ1n) is 6.84. The van der Waals surface area contributed by atoms with Gasteiger partial charge in [0.1, 0.15) is 5.92 Å². The predicted octanol–water partition coefficient (Wildman–Crippen LogP) is 2.11. The fourth-order valence-corrected chi connectivity index (χ4v) is 1.52. The molecule has 1 fully saturated rings. The largest absolute Gasteiger partial charge is 0.460 e. The maximum absolute atomic E-state index is 11.4. The Morgan fingerprint density at radius 1 is 1.05 bits per heavy atom. The Kier molecular flexibility index (Phi) is 17.4. The van der Waals surface area contributed by atoms with Crippen molar-refractivity contribution in [2.75, 3.05) is 6.61 Å². The zero-order chi connectivity index (χ0) is 15.4. The zero-order valence-corrected chi connectivity index (χ0v) is 14.3. The van der Waals surface area contributed by atoms with E-state index in [1.807, 2.05) is 27.7 Å². The summed E-state index contributed by atoms with van der Waals surface area (Å²) in [6.45, 7) is 9.61. The van der Waals surface area contributed by atoms with Gasteiger partial charge in [-0.05, 0) is 13.3 Å². The van der Waals surface area contributed by atoms with Gasteiger partial charge >= 0.3 is 5.97 Å². The third kappa shape index (κ3) is 7.60. The smallest absolute Gasteiger partial charge is 0.375 e. The molecule has 0 bridgehead atoms. The molecule has 1 aliphatic rings. The Morgan fingerprint density at radius 3 is 1.80 bits per heavy atom. The normalized spacial score (nSPS) is 13.8. The predicted molar refractivity (Wildman–Crippen MR) is 71.7 cm³/mol. The third-order valence-electron chi connectivity index (χ3n) is 2.23. The average molecular weight is 323 g/mol. The van der Waals surface area contributed by atoms with E-state index < -0.39 is 29.2 Å². The second-order valence-corrected chi connectivity index (χ2v) is 3.30. The van der Waals surface area contributed by atoms with Crippen LogP contribution in [0.3, 0.4) is 0 Å². The molecule has 0 N–H and O–H groups in total. The van der Waals surface area contributed by atoms with Gasteiger partial charge in [0.15, 0.2) is 11.6 Å². The first-order valence-corrected chi connectivity index (χ1v) is 6.84. The molecular formula is C14H24O5V. The van der Waals surface area contributed by atoms with Crippen LogP contribution in [0.2, 0.25) is 0 Å². The molecular weight excluding hydrogens is 299 g/mol. The molecule has 115 valence electrons. The van der Waals surface area contributed by atoms with Gasteiger partial charge in [-0.2, -0.15) is 0 Å². The van der Waals surface area contributed by atoms with Crippen LogP contribution in [0.15, 0.2) is 0 Å². The number of carbonyl (C=O) groups excluding carboxylic acids is 4. The molecule has 0 amide bonds. The maximum atomic E-state index is 11.4. The van der Waals surface area contributed by atoms with Crippen LogP contribution in [0.5, 0.6) is 0 Å². The van der Waals surface area contributed by atoms with Gasteiger partial charge in [-0.15, -0.1) is 0 Å². The van der Waals surface area contributed by atoms with E-state index >= 15 is 0 Å². The van der Waals surface area contributed by atoms with Crippen LogP contribution in [-0.4, -0.2) is 29.9 Å². The molecule has 0 heterocycles. The van der Waals surface area contributed by atoms with E-state index in [2.05, 4.69) is 4.74 Å². The van der Waals surface area contributed by atoms with E-state index in [1.54, 1.807) is 6.92 Å². The number of ketones is 3. The first kappa shape index (κ1) is 24.1. The van der Waals surface area contributed by atoms with Crippen LogP contribution >= 0.6 is 0 Å². The van der Waals surface area contributed by atoms with Gasteiger partial charge in [0.05, 0.1) is 6.61 Å². The van der Waals surface area contributed by atoms with Crippen molar-refractivity contribution in [1.82, 2.24) is 0 Å². The molecule has 5 nitrogen and oxygen atoms in total. The van der Waals surface area contributed by atoms with Crippen LogP contribution in [0.1, 0.15) is 53.9 Å². The summed E-state index contributed by atoms with van der Waals surface area (Å²) in [5, 5.41) is 0. The Bertz CT molecular complexity index is 310. The van der Waals surface area contributed by atoms with Gasteiger partial charge in [-0.3, -0.25) is 14.4 Å². The van der Waals surface area contributed by atoms with Crippen molar-refractivity contribution >= 4 is 23.3 Å². The maximum Gasteiger partial charge on any atom is 0.375 e. The minimum atomic E-state index is -1.40. The number of carbonyl (C=O) groups is 4. The third-order valence-corrected chi connectivity index (χ3v) is 2.23. The van der Waals surface area contributed by atoms with Crippen LogP contribution in [-0.2, 0) is 42.5 Å². The average Bonchev–Trinajstić information content (AvgIpc) is 2.43. The van der Waals surface area contributed by atoms with Crippen LogP contribution in [0, 0.1) is 5.92 Å². The Balaban J connectivity index is -0.000000529. The summed E-state index contributed by atoms with van der Waals surface area (Å²) in [6, 6.07) is 0. The van der Waals surface area contributed by atoms with Crippen molar-refractivity contribution in [3.05, 3.63) is 0 Å². The number of ether oxygens (including phenoxy) is 1. The van der Waals surface area contributed by atoms with E-state index in [9.17, 15) is 19.2 Å². The van der Waals surface area contributed by atoms with E-state index in [0.717, 1.165) is 0 Å². The van der Waals surface area contributed by atoms with Gasteiger partial charge < -0.3 is 4.74 Å². The molecule has 1 saturated carbocycles. The monoisotopic (exact) mass is 323 g/mol. The van der Waals surface area contributed by atoms with Crippen LogP contribution in [0.25, 0.3) is 0 Å². The molecule has 1 rings (SSSR count). The van der Waals surface area contributed by atoms with Gasteiger partial charge in [0, 0.05) is 31.4 Å². The van der Waals surface area contributed by atoms with Crippen molar-refractivity contribution in [3.8, 4) is 0 Å². The Labute approximate surface area is 132 Å². The van der Waals surface area contributed by atoms with E-state index in [1.165, 1.54) is 0 Å². The summed E-state index contributed by atoms with van der Waals surface area (Å²) >= 11 is 0. The second-order valence-electron chi connectivity index (χ2n) is 3.30. The molecule has 0 aromatic carbocycles. The molecule has 6 heteroatoms. The molecule has 0 atom stereocenters. The summed E-state index contributed by atoms with van der Waals surface area (Å²) < 4.78 is 4.46. The minimum Gasteiger partial charge on any atom is -0.460 e. The van der Waals surface area contributed by atoms with Gasteiger partial charge in [0.2, 0.25) is 0 Å². The molecule has 0 aromatic heterocycles. The fourth-order valence-electron chi connectivity index (χ4n) is 1.52. The first-order chi connectivity index (χ1) is 9.07. The van der Waals surface area contributed by atoms with Crippen molar-refractivity contribution in [2.45, 2.75) is 53.9 Å². The van der Waals surface area contributed by atoms with Crippen LogP contribution in [0.4, 0.5) is 0 Å². The topological polar surface area (TPSA) is 77.5 Å². The fraction of sp³-hybridized carbons (Fsp3) is 0.714. The summed E-state index contributed by atoms with van der Waals surface area (Å²) in [7, 11) is 0. The van der Waals surface area contributed by atoms with Crippen molar-refractivity contribution in [1.29, 1.82) is 0 Å². The Hall–Kier alpha value is -0.936. The molecule has 0 aromatic rings. The van der Waals surface area contributed by atoms with E-state index in [4.69, 9.17) is 0 Å². The summed E-state index contributed by atoms with van der Waals surface area (Å²) in [4.78, 5) is 45.1. The molecule has 0 saturated heterocycles.